The Morgan fingerprint density at radius 3 is 2.80 bits per heavy atom. The number of hydrogen-bond acceptors (Lipinski definition) is 7. The number of hydrogen-bond donors (Lipinski definition) is 2. The molecule has 2 heterocycles. The summed E-state index contributed by atoms with van der Waals surface area (Å²) in [5.41, 5.74) is 8.45. The van der Waals surface area contributed by atoms with E-state index in [-0.39, 0.29) is 34.8 Å². The van der Waals surface area contributed by atoms with E-state index < -0.39 is 0 Å². The molecule has 1 aliphatic carbocycles. The maximum absolute atomic E-state index is 12.5. The number of carbonyl (C=O) groups excluding carboxylic acids is 1. The van der Waals surface area contributed by atoms with Crippen LogP contribution in [-0.4, -0.2) is 34.7 Å². The van der Waals surface area contributed by atoms with E-state index in [0.717, 1.165) is 12.0 Å². The third kappa shape index (κ3) is 3.64. The molecule has 0 radical (unpaired) electrons. The van der Waals surface area contributed by atoms with Crippen molar-refractivity contribution in [1.29, 1.82) is 0 Å². The van der Waals surface area contributed by atoms with Gasteiger partial charge in [-0.05, 0) is 43.9 Å². The zero-order valence-electron chi connectivity index (χ0n) is 17.3. The number of carbonyl (C=O) groups is 1. The first-order chi connectivity index (χ1) is 14.4. The van der Waals surface area contributed by atoms with Crippen LogP contribution < -0.4 is 10.7 Å². The molecule has 3 unspecified atom stereocenters. The highest BCUT2D eigenvalue weighted by atomic mass is 16.6. The summed E-state index contributed by atoms with van der Waals surface area (Å²) in [6, 6.07) is 6.26. The second-order valence-corrected chi connectivity index (χ2v) is 7.92. The summed E-state index contributed by atoms with van der Waals surface area (Å²) in [5.74, 6) is -0.366. The molecule has 8 heteroatoms. The van der Waals surface area contributed by atoms with Crippen LogP contribution in [0.4, 0.5) is 0 Å². The van der Waals surface area contributed by atoms with E-state index in [9.17, 15) is 14.9 Å². The highest BCUT2D eigenvalue weighted by Gasteiger charge is 2.44. The highest BCUT2D eigenvalue weighted by Crippen LogP contribution is 2.39. The smallest absolute Gasteiger partial charge is 0.338 e. The molecule has 3 aliphatic rings. The molecule has 1 aromatic rings. The number of aryl methyl sites for hydroxylation is 2. The zero-order chi connectivity index (χ0) is 21.4. The van der Waals surface area contributed by atoms with Gasteiger partial charge in [-0.2, -0.15) is 5.01 Å². The molecule has 1 fully saturated rings. The molecule has 0 aromatic heterocycles. The van der Waals surface area contributed by atoms with E-state index >= 15 is 0 Å². The number of esters is 1. The third-order valence-corrected chi connectivity index (χ3v) is 5.95. The number of allylic oxidation sites excluding steroid dienone is 3. The standard InChI is InChI=1S/C22H26N4O4/c1-4-30-22(27)18-12-23-25-20(17-8-5-13(2)9-14(17)3)11-19(24-21(18)25)15-6-7-16(10-15)26(28)29/h5-9,12,19-21,23-24H,4,10-11H2,1-3H3. The van der Waals surface area contributed by atoms with Crippen LogP contribution >= 0.6 is 0 Å². The second kappa shape index (κ2) is 8.04. The second-order valence-electron chi connectivity index (χ2n) is 7.92. The molecule has 0 bridgehead atoms. The van der Waals surface area contributed by atoms with Crippen LogP contribution in [0.1, 0.15) is 42.5 Å². The number of ether oxygens (including phenoxy) is 1. The Hall–Kier alpha value is -2.97. The summed E-state index contributed by atoms with van der Waals surface area (Å²) in [4.78, 5) is 23.4. The number of nitrogens with zero attached hydrogens (tertiary/aromatic N) is 2. The Morgan fingerprint density at radius 1 is 1.33 bits per heavy atom. The lowest BCUT2D eigenvalue weighted by molar-refractivity contribution is -0.426. The van der Waals surface area contributed by atoms with Crippen LogP contribution in [0.5, 0.6) is 0 Å². The van der Waals surface area contributed by atoms with Crippen molar-refractivity contribution in [3.8, 4) is 0 Å². The molecule has 8 nitrogen and oxygen atoms in total. The minimum atomic E-state index is -0.381. The van der Waals surface area contributed by atoms with E-state index in [1.807, 2.05) is 11.1 Å². The molecule has 1 aromatic carbocycles. The highest BCUT2D eigenvalue weighted by molar-refractivity contribution is 5.90. The summed E-state index contributed by atoms with van der Waals surface area (Å²) in [6.07, 6.45) is 5.75. The van der Waals surface area contributed by atoms with E-state index in [1.54, 1.807) is 19.2 Å². The number of nitro groups is 1. The largest absolute Gasteiger partial charge is 0.463 e. The van der Waals surface area contributed by atoms with Gasteiger partial charge < -0.3 is 10.2 Å². The summed E-state index contributed by atoms with van der Waals surface area (Å²) in [7, 11) is 0. The lowest BCUT2D eigenvalue weighted by Gasteiger charge is -2.43. The van der Waals surface area contributed by atoms with E-state index in [0.29, 0.717) is 18.6 Å². The normalized spacial score (nSPS) is 25.7. The van der Waals surface area contributed by atoms with Crippen molar-refractivity contribution in [3.05, 3.63) is 80.2 Å². The number of hydrazine groups is 1. The van der Waals surface area contributed by atoms with Crippen molar-refractivity contribution in [1.82, 2.24) is 15.8 Å². The minimum Gasteiger partial charge on any atom is -0.463 e. The molecular formula is C22H26N4O4. The molecule has 2 N–H and O–H groups in total. The Labute approximate surface area is 175 Å². The molecule has 2 aliphatic heterocycles. The fourth-order valence-corrected chi connectivity index (χ4v) is 4.50. The Bertz CT molecular complexity index is 981. The quantitative estimate of drug-likeness (QED) is 0.438. The van der Waals surface area contributed by atoms with Crippen LogP contribution in [0.3, 0.4) is 0 Å². The van der Waals surface area contributed by atoms with Gasteiger partial charge >= 0.3 is 5.97 Å². The zero-order valence-corrected chi connectivity index (χ0v) is 17.3. The number of nitrogens with one attached hydrogen (secondary N) is 2. The number of fused-ring (bicyclic) bond motifs is 1. The molecule has 158 valence electrons. The monoisotopic (exact) mass is 410 g/mol. The number of rotatable bonds is 5. The molecule has 30 heavy (non-hydrogen) atoms. The van der Waals surface area contributed by atoms with Crippen LogP contribution in [0, 0.1) is 24.0 Å². The number of benzene rings is 1. The fourth-order valence-electron chi connectivity index (χ4n) is 4.50. The average Bonchev–Trinajstić information content (AvgIpc) is 3.35. The molecule has 0 spiro atoms. The molecule has 1 saturated heterocycles. The molecule has 0 amide bonds. The molecule has 0 saturated carbocycles. The van der Waals surface area contributed by atoms with Crippen LogP contribution in [-0.2, 0) is 9.53 Å². The molecular weight excluding hydrogens is 384 g/mol. The van der Waals surface area contributed by atoms with E-state index in [1.165, 1.54) is 16.7 Å². The minimum absolute atomic E-state index is 0.00872. The Morgan fingerprint density at radius 2 is 2.13 bits per heavy atom. The van der Waals surface area contributed by atoms with Crippen LogP contribution in [0.2, 0.25) is 0 Å². The molecule has 3 atom stereocenters. The third-order valence-electron chi connectivity index (χ3n) is 5.95. The van der Waals surface area contributed by atoms with Gasteiger partial charge in [-0.1, -0.05) is 29.8 Å². The van der Waals surface area contributed by atoms with Crippen molar-refractivity contribution in [2.24, 2.45) is 0 Å². The maximum Gasteiger partial charge on any atom is 0.338 e. The fraction of sp³-hybridized carbons (Fsp3) is 0.409. The van der Waals surface area contributed by atoms with Crippen molar-refractivity contribution < 1.29 is 14.5 Å². The van der Waals surface area contributed by atoms with Crippen molar-refractivity contribution in [3.63, 3.8) is 0 Å². The van der Waals surface area contributed by atoms with Crippen molar-refractivity contribution in [2.75, 3.05) is 6.61 Å². The summed E-state index contributed by atoms with van der Waals surface area (Å²) < 4.78 is 5.24. The van der Waals surface area contributed by atoms with Crippen LogP contribution in [0.15, 0.2) is 53.4 Å². The van der Waals surface area contributed by atoms with E-state index in [2.05, 4.69) is 42.8 Å². The summed E-state index contributed by atoms with van der Waals surface area (Å²) in [6.45, 7) is 6.23. The lowest BCUT2D eigenvalue weighted by atomic mass is 9.88. The van der Waals surface area contributed by atoms with Crippen molar-refractivity contribution >= 4 is 5.97 Å². The predicted molar refractivity (Wildman–Crippen MR) is 111 cm³/mol. The van der Waals surface area contributed by atoms with Gasteiger partial charge in [0.25, 0.3) is 0 Å². The average molecular weight is 410 g/mol. The first kappa shape index (κ1) is 20.3. The van der Waals surface area contributed by atoms with Gasteiger partial charge in [0.15, 0.2) is 0 Å². The summed E-state index contributed by atoms with van der Waals surface area (Å²) in [5, 5.41) is 16.7. The van der Waals surface area contributed by atoms with Gasteiger partial charge in [-0.15, -0.1) is 0 Å². The Kier molecular flexibility index (Phi) is 5.44. The van der Waals surface area contributed by atoms with Gasteiger partial charge in [0.05, 0.1) is 29.6 Å². The van der Waals surface area contributed by atoms with Gasteiger partial charge in [0.2, 0.25) is 5.70 Å². The SMILES string of the molecule is CCOC(=O)C1=CNN2C1NC(C1=CC=C([N+](=O)[O-])C1)CC2c1ccc(C)cc1C. The lowest BCUT2D eigenvalue weighted by Crippen LogP contribution is -2.59. The van der Waals surface area contributed by atoms with Gasteiger partial charge in [-0.25, -0.2) is 4.79 Å². The first-order valence-corrected chi connectivity index (χ1v) is 10.2. The van der Waals surface area contributed by atoms with Crippen LogP contribution in [0.25, 0.3) is 0 Å². The predicted octanol–water partition coefficient (Wildman–Crippen LogP) is 2.79. The van der Waals surface area contributed by atoms with Crippen molar-refractivity contribution in [2.45, 2.75) is 51.9 Å². The Balaban J connectivity index is 1.65. The van der Waals surface area contributed by atoms with Gasteiger partial charge in [0, 0.05) is 18.3 Å². The summed E-state index contributed by atoms with van der Waals surface area (Å²) >= 11 is 0. The first-order valence-electron chi connectivity index (χ1n) is 10.2. The maximum atomic E-state index is 12.5. The van der Waals surface area contributed by atoms with Gasteiger partial charge in [0.1, 0.15) is 6.17 Å². The topological polar surface area (TPSA) is 96.7 Å². The van der Waals surface area contributed by atoms with Gasteiger partial charge in [-0.3, -0.25) is 15.4 Å². The van der Waals surface area contributed by atoms with E-state index in [4.69, 9.17) is 4.74 Å². The molecule has 4 rings (SSSR count).